The predicted molar refractivity (Wildman–Crippen MR) is 40.8 cm³/mol. The van der Waals surface area contributed by atoms with Crippen LogP contribution in [0.25, 0.3) is 0 Å². The summed E-state index contributed by atoms with van der Waals surface area (Å²) in [6.07, 6.45) is 5.31. The van der Waals surface area contributed by atoms with Crippen LogP contribution in [0.4, 0.5) is 0 Å². The van der Waals surface area contributed by atoms with E-state index in [9.17, 15) is 0 Å². The lowest BCUT2D eigenvalue weighted by atomic mass is 10.2. The third-order valence-corrected chi connectivity index (χ3v) is 1.64. The highest BCUT2D eigenvalue weighted by Crippen LogP contribution is 2.01. The average molecular weight is 133 g/mol. The van der Waals surface area contributed by atoms with Gasteiger partial charge in [-0.15, -0.1) is 0 Å². The van der Waals surface area contributed by atoms with Gasteiger partial charge in [-0.3, -0.25) is 5.14 Å². The van der Waals surface area contributed by atoms with Gasteiger partial charge in [0, 0.05) is 5.75 Å². The first-order valence-electron chi connectivity index (χ1n) is 3.23. The Bertz CT molecular complexity index is 33.5. The molecule has 0 saturated heterocycles. The molecule has 0 amide bonds. The van der Waals surface area contributed by atoms with Crippen LogP contribution in [0, 0.1) is 0 Å². The predicted octanol–water partition coefficient (Wildman–Crippen LogP) is 2.17. The van der Waals surface area contributed by atoms with E-state index in [-0.39, 0.29) is 0 Å². The van der Waals surface area contributed by atoms with E-state index in [0.717, 1.165) is 5.75 Å². The number of unbranched alkanes of at least 4 members (excludes halogenated alkanes) is 3. The van der Waals surface area contributed by atoms with Crippen molar-refractivity contribution in [3.63, 3.8) is 0 Å². The Morgan fingerprint density at radius 2 is 2.00 bits per heavy atom. The minimum atomic E-state index is 1.12. The maximum Gasteiger partial charge on any atom is 0.00764 e. The molecule has 0 heterocycles. The molecule has 0 aromatic heterocycles. The summed E-state index contributed by atoms with van der Waals surface area (Å²) in [5.74, 6) is 1.12. The fourth-order valence-corrected chi connectivity index (χ4v) is 0.983. The molecule has 0 rings (SSSR count). The Balaban J connectivity index is 2.53. The zero-order valence-electron chi connectivity index (χ0n) is 5.52. The molecule has 0 spiro atoms. The third kappa shape index (κ3) is 6.31. The second-order valence-corrected chi connectivity index (χ2v) is 2.67. The summed E-state index contributed by atoms with van der Waals surface area (Å²) in [6, 6.07) is 0. The van der Waals surface area contributed by atoms with Crippen LogP contribution in [-0.2, 0) is 0 Å². The quantitative estimate of drug-likeness (QED) is 0.459. The van der Waals surface area contributed by atoms with E-state index in [1.807, 2.05) is 0 Å². The van der Waals surface area contributed by atoms with Crippen LogP contribution in [0.1, 0.15) is 32.6 Å². The maximum atomic E-state index is 5.23. The first kappa shape index (κ1) is 8.31. The van der Waals surface area contributed by atoms with Crippen LogP contribution >= 0.6 is 11.9 Å². The summed E-state index contributed by atoms with van der Waals surface area (Å²) in [7, 11) is 0. The molecule has 0 aromatic rings. The van der Waals surface area contributed by atoms with E-state index in [4.69, 9.17) is 5.14 Å². The summed E-state index contributed by atoms with van der Waals surface area (Å²) in [5, 5.41) is 5.23. The van der Waals surface area contributed by atoms with Crippen LogP contribution in [0.5, 0.6) is 0 Å². The van der Waals surface area contributed by atoms with Gasteiger partial charge in [0.05, 0.1) is 0 Å². The highest BCUT2D eigenvalue weighted by Gasteiger charge is 1.83. The number of rotatable bonds is 5. The van der Waals surface area contributed by atoms with E-state index in [1.165, 1.54) is 37.6 Å². The minimum Gasteiger partial charge on any atom is -0.278 e. The standard InChI is InChI=1S/C6H15NS/c1-2-3-4-5-6-8-7/h2-7H2,1H3. The second kappa shape index (κ2) is 7.31. The molecule has 8 heavy (non-hydrogen) atoms. The molecule has 0 aromatic carbocycles. The van der Waals surface area contributed by atoms with Gasteiger partial charge in [0.15, 0.2) is 0 Å². The molecule has 0 aliphatic heterocycles. The lowest BCUT2D eigenvalue weighted by Gasteiger charge is -1.93. The van der Waals surface area contributed by atoms with Gasteiger partial charge in [0.1, 0.15) is 0 Å². The van der Waals surface area contributed by atoms with Gasteiger partial charge >= 0.3 is 0 Å². The molecule has 2 heteroatoms. The number of nitrogens with two attached hydrogens (primary N) is 1. The molecule has 0 radical (unpaired) electrons. The van der Waals surface area contributed by atoms with Gasteiger partial charge in [-0.05, 0) is 6.42 Å². The van der Waals surface area contributed by atoms with Crippen molar-refractivity contribution in [1.82, 2.24) is 0 Å². The van der Waals surface area contributed by atoms with Crippen molar-refractivity contribution in [2.45, 2.75) is 32.6 Å². The zero-order chi connectivity index (χ0) is 6.24. The molecular formula is C6H15NS. The molecule has 1 nitrogen and oxygen atoms in total. The normalized spacial score (nSPS) is 9.75. The van der Waals surface area contributed by atoms with Crippen LogP contribution < -0.4 is 5.14 Å². The van der Waals surface area contributed by atoms with Gasteiger partial charge in [0.25, 0.3) is 0 Å². The molecule has 50 valence electrons. The monoisotopic (exact) mass is 133 g/mol. The molecule has 0 bridgehead atoms. The summed E-state index contributed by atoms with van der Waals surface area (Å²) in [6.45, 7) is 2.22. The molecule has 0 atom stereocenters. The Morgan fingerprint density at radius 1 is 1.25 bits per heavy atom. The number of hydrogen-bond donors (Lipinski definition) is 1. The Hall–Kier alpha value is 0.310. The smallest absolute Gasteiger partial charge is 0.00764 e. The summed E-state index contributed by atoms with van der Waals surface area (Å²) in [5.41, 5.74) is 0. The van der Waals surface area contributed by atoms with Crippen molar-refractivity contribution in [3.05, 3.63) is 0 Å². The van der Waals surface area contributed by atoms with Gasteiger partial charge in [-0.2, -0.15) is 0 Å². The summed E-state index contributed by atoms with van der Waals surface area (Å²) >= 11 is 1.45. The molecule has 2 N–H and O–H groups in total. The van der Waals surface area contributed by atoms with Gasteiger partial charge in [0.2, 0.25) is 0 Å². The van der Waals surface area contributed by atoms with Crippen molar-refractivity contribution in [1.29, 1.82) is 0 Å². The average Bonchev–Trinajstić information content (AvgIpc) is 1.81. The highest BCUT2D eigenvalue weighted by molar-refractivity contribution is 7.97. The first-order chi connectivity index (χ1) is 3.91. The van der Waals surface area contributed by atoms with Crippen molar-refractivity contribution < 1.29 is 0 Å². The molecule has 0 fully saturated rings. The highest BCUT2D eigenvalue weighted by atomic mass is 32.2. The Morgan fingerprint density at radius 3 is 2.50 bits per heavy atom. The maximum absolute atomic E-state index is 5.23. The molecule has 0 saturated carbocycles. The molecule has 0 unspecified atom stereocenters. The van der Waals surface area contributed by atoms with Crippen LogP contribution in [0.2, 0.25) is 0 Å². The van der Waals surface area contributed by atoms with E-state index in [1.54, 1.807) is 0 Å². The van der Waals surface area contributed by atoms with Crippen molar-refractivity contribution in [3.8, 4) is 0 Å². The zero-order valence-corrected chi connectivity index (χ0v) is 6.34. The fourth-order valence-electron chi connectivity index (χ4n) is 0.612. The largest absolute Gasteiger partial charge is 0.278 e. The lowest BCUT2D eigenvalue weighted by Crippen LogP contribution is -1.84. The fraction of sp³-hybridized carbons (Fsp3) is 1.00. The van der Waals surface area contributed by atoms with Crippen LogP contribution in [-0.4, -0.2) is 5.75 Å². The van der Waals surface area contributed by atoms with E-state index >= 15 is 0 Å². The van der Waals surface area contributed by atoms with E-state index in [0.29, 0.717) is 0 Å². The second-order valence-electron chi connectivity index (χ2n) is 1.93. The van der Waals surface area contributed by atoms with Crippen molar-refractivity contribution in [2.75, 3.05) is 5.75 Å². The summed E-state index contributed by atoms with van der Waals surface area (Å²) in [4.78, 5) is 0. The molecule has 0 aliphatic rings. The van der Waals surface area contributed by atoms with Gasteiger partial charge in [-0.25, -0.2) is 0 Å². The minimum absolute atomic E-state index is 1.12. The van der Waals surface area contributed by atoms with Gasteiger partial charge < -0.3 is 0 Å². The van der Waals surface area contributed by atoms with Crippen LogP contribution in [0.15, 0.2) is 0 Å². The molecule has 0 aliphatic carbocycles. The van der Waals surface area contributed by atoms with Gasteiger partial charge in [-0.1, -0.05) is 38.1 Å². The van der Waals surface area contributed by atoms with E-state index < -0.39 is 0 Å². The SMILES string of the molecule is CCCCCCSN. The Kier molecular flexibility index (Phi) is 7.59. The summed E-state index contributed by atoms with van der Waals surface area (Å²) < 4.78 is 0. The van der Waals surface area contributed by atoms with Crippen LogP contribution in [0.3, 0.4) is 0 Å². The van der Waals surface area contributed by atoms with Crippen molar-refractivity contribution in [2.24, 2.45) is 5.14 Å². The lowest BCUT2D eigenvalue weighted by molar-refractivity contribution is 0.706. The van der Waals surface area contributed by atoms with Crippen molar-refractivity contribution >= 4 is 11.9 Å². The molecular weight excluding hydrogens is 118 g/mol. The number of hydrogen-bond acceptors (Lipinski definition) is 2. The first-order valence-corrected chi connectivity index (χ1v) is 4.28. The Labute approximate surface area is 56.2 Å². The third-order valence-electron chi connectivity index (χ3n) is 1.12. The topological polar surface area (TPSA) is 26.0 Å². The van der Waals surface area contributed by atoms with E-state index in [2.05, 4.69) is 6.92 Å².